The molecule has 0 unspecified atom stereocenters. The number of rotatable bonds is 6. The smallest absolute Gasteiger partial charge is 0.198 e. The van der Waals surface area contributed by atoms with Crippen LogP contribution in [0.25, 0.3) is 0 Å². The van der Waals surface area contributed by atoms with Crippen molar-refractivity contribution >= 4 is 0 Å². The standard InChI is InChI=1S/C18H28O3/c1-6-7-18(20-8-9-21-18)16-11-14(4)10-15(5)17(16)19-12-13(2)3/h10-11,13H,6-9,12H2,1-5H3. The van der Waals surface area contributed by atoms with Gasteiger partial charge in [0.05, 0.1) is 25.4 Å². The second-order valence-corrected chi connectivity index (χ2v) is 6.36. The Kier molecular flexibility index (Phi) is 5.28. The highest BCUT2D eigenvalue weighted by molar-refractivity contribution is 5.46. The Morgan fingerprint density at radius 1 is 1.19 bits per heavy atom. The maximum Gasteiger partial charge on any atom is 0.198 e. The van der Waals surface area contributed by atoms with Crippen LogP contribution in [-0.4, -0.2) is 19.8 Å². The van der Waals surface area contributed by atoms with Crippen molar-refractivity contribution in [2.75, 3.05) is 19.8 Å². The van der Waals surface area contributed by atoms with Gasteiger partial charge < -0.3 is 14.2 Å². The minimum absolute atomic E-state index is 0.492. The van der Waals surface area contributed by atoms with Crippen molar-refractivity contribution in [3.8, 4) is 5.75 Å². The predicted octanol–water partition coefficient (Wildman–Crippen LogP) is 4.34. The monoisotopic (exact) mass is 292 g/mol. The number of ether oxygens (including phenoxy) is 3. The van der Waals surface area contributed by atoms with Crippen molar-refractivity contribution in [1.82, 2.24) is 0 Å². The first-order valence-corrected chi connectivity index (χ1v) is 8.01. The van der Waals surface area contributed by atoms with Crippen LogP contribution in [0, 0.1) is 19.8 Å². The van der Waals surface area contributed by atoms with Gasteiger partial charge in [-0.05, 0) is 31.4 Å². The third kappa shape index (κ3) is 3.58. The summed E-state index contributed by atoms with van der Waals surface area (Å²) >= 11 is 0. The highest BCUT2D eigenvalue weighted by atomic mass is 16.7. The molecule has 0 bridgehead atoms. The van der Waals surface area contributed by atoms with Crippen molar-refractivity contribution in [3.63, 3.8) is 0 Å². The van der Waals surface area contributed by atoms with E-state index in [0.717, 1.165) is 29.7 Å². The summed E-state index contributed by atoms with van der Waals surface area (Å²) in [6, 6.07) is 4.32. The summed E-state index contributed by atoms with van der Waals surface area (Å²) in [6.07, 6.45) is 1.87. The molecule has 1 aromatic rings. The summed E-state index contributed by atoms with van der Waals surface area (Å²) in [6.45, 7) is 12.7. The molecular weight excluding hydrogens is 264 g/mol. The first-order chi connectivity index (χ1) is 9.98. The molecule has 21 heavy (non-hydrogen) atoms. The van der Waals surface area contributed by atoms with Crippen LogP contribution < -0.4 is 4.74 Å². The number of aryl methyl sites for hydroxylation is 2. The Labute approximate surface area is 128 Å². The van der Waals surface area contributed by atoms with E-state index in [4.69, 9.17) is 14.2 Å². The van der Waals surface area contributed by atoms with E-state index in [2.05, 4.69) is 46.8 Å². The molecule has 118 valence electrons. The van der Waals surface area contributed by atoms with Crippen molar-refractivity contribution in [3.05, 3.63) is 28.8 Å². The van der Waals surface area contributed by atoms with Crippen LogP contribution in [0.2, 0.25) is 0 Å². The third-order valence-electron chi connectivity index (χ3n) is 3.72. The van der Waals surface area contributed by atoms with Crippen molar-refractivity contribution in [2.24, 2.45) is 5.92 Å². The number of hydrogen-bond donors (Lipinski definition) is 0. The van der Waals surface area contributed by atoms with E-state index in [1.54, 1.807) is 0 Å². The van der Waals surface area contributed by atoms with Crippen LogP contribution >= 0.6 is 0 Å². The van der Waals surface area contributed by atoms with Gasteiger partial charge in [0.1, 0.15) is 5.75 Å². The predicted molar refractivity (Wildman–Crippen MR) is 84.7 cm³/mol. The molecule has 1 aliphatic heterocycles. The quantitative estimate of drug-likeness (QED) is 0.780. The highest BCUT2D eigenvalue weighted by Crippen LogP contribution is 2.42. The highest BCUT2D eigenvalue weighted by Gasteiger charge is 2.40. The van der Waals surface area contributed by atoms with E-state index in [9.17, 15) is 0 Å². The maximum atomic E-state index is 6.11. The zero-order valence-electron chi connectivity index (χ0n) is 14.0. The zero-order chi connectivity index (χ0) is 15.5. The summed E-state index contributed by atoms with van der Waals surface area (Å²) in [5.74, 6) is 0.799. The molecule has 1 heterocycles. The third-order valence-corrected chi connectivity index (χ3v) is 3.72. The van der Waals surface area contributed by atoms with Gasteiger partial charge in [-0.3, -0.25) is 0 Å². The molecule has 0 saturated carbocycles. The normalized spacial score (nSPS) is 17.4. The molecule has 2 rings (SSSR count). The molecule has 0 atom stereocenters. The summed E-state index contributed by atoms with van der Waals surface area (Å²) in [4.78, 5) is 0. The Morgan fingerprint density at radius 3 is 2.43 bits per heavy atom. The fraction of sp³-hybridized carbons (Fsp3) is 0.667. The lowest BCUT2D eigenvalue weighted by Gasteiger charge is -2.30. The van der Waals surface area contributed by atoms with E-state index < -0.39 is 5.79 Å². The fourth-order valence-electron chi connectivity index (χ4n) is 2.90. The SMILES string of the molecule is CCCC1(c2cc(C)cc(C)c2OCC(C)C)OCCO1. The van der Waals surface area contributed by atoms with Gasteiger partial charge in [-0.25, -0.2) is 0 Å². The van der Waals surface area contributed by atoms with Gasteiger partial charge in [-0.15, -0.1) is 0 Å². The largest absolute Gasteiger partial charge is 0.493 e. The maximum absolute atomic E-state index is 6.11. The topological polar surface area (TPSA) is 27.7 Å². The van der Waals surface area contributed by atoms with Gasteiger partial charge >= 0.3 is 0 Å². The minimum Gasteiger partial charge on any atom is -0.493 e. The molecule has 1 fully saturated rings. The molecule has 1 aromatic carbocycles. The van der Waals surface area contributed by atoms with Crippen LogP contribution in [-0.2, 0) is 15.3 Å². The summed E-state index contributed by atoms with van der Waals surface area (Å²) < 4.78 is 18.2. The van der Waals surface area contributed by atoms with Crippen molar-refractivity contribution < 1.29 is 14.2 Å². The van der Waals surface area contributed by atoms with Crippen LogP contribution in [0.5, 0.6) is 5.75 Å². The lowest BCUT2D eigenvalue weighted by atomic mass is 9.95. The van der Waals surface area contributed by atoms with Crippen molar-refractivity contribution in [2.45, 2.75) is 53.2 Å². The number of benzene rings is 1. The molecule has 0 aliphatic carbocycles. The fourth-order valence-corrected chi connectivity index (χ4v) is 2.90. The lowest BCUT2D eigenvalue weighted by Crippen LogP contribution is -2.28. The first-order valence-electron chi connectivity index (χ1n) is 8.01. The lowest BCUT2D eigenvalue weighted by molar-refractivity contribution is -0.172. The van der Waals surface area contributed by atoms with Gasteiger partial charge in [0.15, 0.2) is 5.79 Å². The van der Waals surface area contributed by atoms with E-state index in [-0.39, 0.29) is 0 Å². The van der Waals surface area contributed by atoms with E-state index >= 15 is 0 Å². The van der Waals surface area contributed by atoms with Gasteiger partial charge in [0.2, 0.25) is 0 Å². The molecular formula is C18H28O3. The van der Waals surface area contributed by atoms with Gasteiger partial charge in [0.25, 0.3) is 0 Å². The van der Waals surface area contributed by atoms with Crippen LogP contribution in [0.4, 0.5) is 0 Å². The summed E-state index contributed by atoms with van der Waals surface area (Å²) in [5.41, 5.74) is 3.43. The molecule has 0 spiro atoms. The van der Waals surface area contributed by atoms with Gasteiger partial charge in [-0.2, -0.15) is 0 Å². The molecule has 1 saturated heterocycles. The van der Waals surface area contributed by atoms with E-state index in [0.29, 0.717) is 25.7 Å². The second kappa shape index (κ2) is 6.80. The second-order valence-electron chi connectivity index (χ2n) is 6.36. The Hall–Kier alpha value is -1.06. The van der Waals surface area contributed by atoms with Crippen LogP contribution in [0.3, 0.4) is 0 Å². The van der Waals surface area contributed by atoms with E-state index in [1.165, 1.54) is 5.56 Å². The molecule has 0 N–H and O–H groups in total. The molecule has 3 heteroatoms. The Morgan fingerprint density at radius 2 is 1.86 bits per heavy atom. The average Bonchev–Trinajstić information content (AvgIpc) is 2.87. The Bertz CT molecular complexity index is 474. The zero-order valence-corrected chi connectivity index (χ0v) is 14.0. The first kappa shape index (κ1) is 16.3. The van der Waals surface area contributed by atoms with Crippen LogP contribution in [0.15, 0.2) is 12.1 Å². The Balaban J connectivity index is 2.44. The summed E-state index contributed by atoms with van der Waals surface area (Å²) in [5, 5.41) is 0. The van der Waals surface area contributed by atoms with Gasteiger partial charge in [0, 0.05) is 6.42 Å². The average molecular weight is 292 g/mol. The molecule has 0 amide bonds. The molecule has 1 aliphatic rings. The summed E-state index contributed by atoms with van der Waals surface area (Å²) in [7, 11) is 0. The number of hydrogen-bond acceptors (Lipinski definition) is 3. The molecule has 3 nitrogen and oxygen atoms in total. The van der Waals surface area contributed by atoms with Crippen LogP contribution in [0.1, 0.15) is 50.3 Å². The molecule has 0 aromatic heterocycles. The van der Waals surface area contributed by atoms with Gasteiger partial charge in [-0.1, -0.05) is 38.8 Å². The van der Waals surface area contributed by atoms with E-state index in [1.807, 2.05) is 0 Å². The van der Waals surface area contributed by atoms with Crippen molar-refractivity contribution in [1.29, 1.82) is 0 Å². The molecule has 0 radical (unpaired) electrons. The minimum atomic E-state index is -0.627.